The van der Waals surface area contributed by atoms with E-state index in [4.69, 9.17) is 27.9 Å². The van der Waals surface area contributed by atoms with Crippen LogP contribution in [0.3, 0.4) is 0 Å². The summed E-state index contributed by atoms with van der Waals surface area (Å²) in [5.41, 5.74) is 2.66. The summed E-state index contributed by atoms with van der Waals surface area (Å²) in [5, 5.41) is 9.02. The fourth-order valence-electron chi connectivity index (χ4n) is 5.20. The van der Waals surface area contributed by atoms with Gasteiger partial charge in [0.2, 0.25) is 5.91 Å². The van der Waals surface area contributed by atoms with Gasteiger partial charge in [-0.25, -0.2) is 4.79 Å². The summed E-state index contributed by atoms with van der Waals surface area (Å²) in [5.74, 6) is -1.77. The Kier molecular flexibility index (Phi) is 12.0. The summed E-state index contributed by atoms with van der Waals surface area (Å²) in [7, 11) is 1.35. The first-order chi connectivity index (χ1) is 23.1. The van der Waals surface area contributed by atoms with Gasteiger partial charge >= 0.3 is 5.97 Å². The number of ether oxygens (including phenoxy) is 1. The molecule has 0 bridgehead atoms. The molecule has 1 heterocycles. The molecule has 4 aromatic rings. The van der Waals surface area contributed by atoms with Crippen molar-refractivity contribution < 1.29 is 23.9 Å². The predicted octanol–water partition coefficient (Wildman–Crippen LogP) is 8.64. The lowest BCUT2D eigenvalue weighted by Gasteiger charge is -2.14. The lowest BCUT2D eigenvalue weighted by Crippen LogP contribution is -2.30. The topological polar surface area (TPSA) is 114 Å². The Balaban J connectivity index is 1.31. The molecule has 0 spiro atoms. The van der Waals surface area contributed by atoms with Gasteiger partial charge in [-0.15, -0.1) is 23.1 Å². The van der Waals surface area contributed by atoms with Crippen molar-refractivity contribution in [2.75, 3.05) is 17.7 Å². The van der Waals surface area contributed by atoms with E-state index in [1.807, 2.05) is 6.07 Å². The first-order valence-corrected chi connectivity index (χ1v) is 17.7. The maximum Gasteiger partial charge on any atom is 0.341 e. The molecule has 0 saturated heterocycles. The van der Waals surface area contributed by atoms with Crippen LogP contribution >= 0.6 is 46.3 Å². The van der Waals surface area contributed by atoms with E-state index in [9.17, 15) is 19.2 Å². The number of thiophene rings is 1. The van der Waals surface area contributed by atoms with E-state index in [1.165, 1.54) is 36.3 Å². The second-order valence-electron chi connectivity index (χ2n) is 11.0. The van der Waals surface area contributed by atoms with Crippen LogP contribution in [-0.4, -0.2) is 36.1 Å². The first kappa shape index (κ1) is 35.2. The molecule has 3 amide bonds. The van der Waals surface area contributed by atoms with Crippen LogP contribution in [0.2, 0.25) is 10.0 Å². The van der Waals surface area contributed by atoms with Crippen LogP contribution in [0.4, 0.5) is 10.7 Å². The molecule has 1 aromatic heterocycles. The Morgan fingerprint density at radius 1 is 0.917 bits per heavy atom. The number of anilines is 2. The van der Waals surface area contributed by atoms with E-state index in [0.29, 0.717) is 32.4 Å². The number of fused-ring (bicyclic) bond motifs is 1. The number of halogens is 2. The normalized spacial score (nSPS) is 13.5. The van der Waals surface area contributed by atoms with Crippen molar-refractivity contribution in [3.05, 3.63) is 116 Å². The van der Waals surface area contributed by atoms with E-state index in [0.717, 1.165) is 47.4 Å². The molecule has 1 aliphatic rings. The number of benzene rings is 3. The van der Waals surface area contributed by atoms with Gasteiger partial charge in [-0.05, 0) is 86.2 Å². The quantitative estimate of drug-likeness (QED) is 0.0654. The van der Waals surface area contributed by atoms with Crippen LogP contribution < -0.4 is 16.0 Å². The maximum atomic E-state index is 13.6. The molecular weight excluding hydrogens is 689 g/mol. The number of nitrogens with one attached hydrogen (secondary N) is 3. The zero-order valence-corrected chi connectivity index (χ0v) is 29.4. The van der Waals surface area contributed by atoms with Gasteiger partial charge < -0.3 is 20.7 Å². The zero-order chi connectivity index (χ0) is 34.2. The third-order valence-corrected chi connectivity index (χ3v) is 10.8. The number of carbonyl (C=O) groups is 4. The van der Waals surface area contributed by atoms with Crippen LogP contribution in [0.25, 0.3) is 6.08 Å². The maximum absolute atomic E-state index is 13.6. The highest BCUT2D eigenvalue weighted by Crippen LogP contribution is 2.38. The molecule has 12 heteroatoms. The van der Waals surface area contributed by atoms with Crippen LogP contribution in [0.15, 0.2) is 83.4 Å². The minimum atomic E-state index is -0.587. The average Bonchev–Trinajstić information content (AvgIpc) is 3.25. The molecule has 3 N–H and O–H groups in total. The van der Waals surface area contributed by atoms with Crippen molar-refractivity contribution in [1.29, 1.82) is 0 Å². The Bertz CT molecular complexity index is 1880. The van der Waals surface area contributed by atoms with Crippen LogP contribution in [0, 0.1) is 0 Å². The van der Waals surface area contributed by atoms with Gasteiger partial charge in [-0.3, -0.25) is 14.4 Å². The smallest absolute Gasteiger partial charge is 0.341 e. The van der Waals surface area contributed by atoms with Crippen molar-refractivity contribution in [2.45, 2.75) is 49.2 Å². The summed E-state index contributed by atoms with van der Waals surface area (Å²) in [6.45, 7) is 1.77. The van der Waals surface area contributed by atoms with E-state index in [1.54, 1.807) is 73.7 Å². The molecule has 0 fully saturated rings. The molecule has 1 atom stereocenters. The minimum absolute atomic E-state index is 0.0467. The first-order valence-electron chi connectivity index (χ1n) is 15.3. The molecule has 48 heavy (non-hydrogen) atoms. The monoisotopic (exact) mass is 721 g/mol. The van der Waals surface area contributed by atoms with Crippen molar-refractivity contribution in [3.63, 3.8) is 0 Å². The zero-order valence-electron chi connectivity index (χ0n) is 26.2. The number of carbonyl (C=O) groups excluding carboxylic acids is 4. The summed E-state index contributed by atoms with van der Waals surface area (Å²) in [6.07, 6.45) is 6.27. The van der Waals surface area contributed by atoms with Crippen LogP contribution in [0.5, 0.6) is 0 Å². The fourth-order valence-corrected chi connectivity index (χ4v) is 7.76. The highest BCUT2D eigenvalue weighted by Gasteiger charge is 2.27. The average molecular weight is 723 g/mol. The van der Waals surface area contributed by atoms with Crippen LogP contribution in [0.1, 0.15) is 62.9 Å². The summed E-state index contributed by atoms with van der Waals surface area (Å²) >= 11 is 15.3. The molecular formula is C36H33Cl2N3O5S2. The predicted molar refractivity (Wildman–Crippen MR) is 194 cm³/mol. The van der Waals surface area contributed by atoms with Gasteiger partial charge in [0.05, 0.1) is 28.0 Å². The molecule has 1 unspecified atom stereocenters. The molecule has 5 rings (SSSR count). The van der Waals surface area contributed by atoms with Crippen LogP contribution in [-0.2, 0) is 27.2 Å². The number of thioether (sulfide) groups is 1. The van der Waals surface area contributed by atoms with Crippen molar-refractivity contribution >= 4 is 86.8 Å². The second kappa shape index (κ2) is 16.3. The van der Waals surface area contributed by atoms with E-state index < -0.39 is 23.0 Å². The summed E-state index contributed by atoms with van der Waals surface area (Å²) in [4.78, 5) is 54.5. The van der Waals surface area contributed by atoms with Crippen molar-refractivity contribution in [2.24, 2.45) is 0 Å². The van der Waals surface area contributed by atoms with E-state index in [-0.39, 0.29) is 16.6 Å². The molecule has 0 radical (unpaired) electrons. The number of hydrogen-bond donors (Lipinski definition) is 3. The number of rotatable bonds is 10. The van der Waals surface area contributed by atoms with Gasteiger partial charge in [0, 0.05) is 21.0 Å². The highest BCUT2D eigenvalue weighted by atomic mass is 35.5. The number of amides is 3. The third-order valence-electron chi connectivity index (χ3n) is 7.63. The number of hydrogen-bond acceptors (Lipinski definition) is 7. The molecule has 3 aromatic carbocycles. The molecule has 0 aliphatic heterocycles. The molecule has 1 aliphatic carbocycles. The molecule has 248 valence electrons. The Labute approximate surface area is 297 Å². The van der Waals surface area contributed by atoms with E-state index >= 15 is 0 Å². The Morgan fingerprint density at radius 3 is 2.44 bits per heavy atom. The van der Waals surface area contributed by atoms with E-state index in [2.05, 4.69) is 16.0 Å². The Morgan fingerprint density at radius 2 is 1.67 bits per heavy atom. The van der Waals surface area contributed by atoms with Gasteiger partial charge in [0.25, 0.3) is 11.8 Å². The lowest BCUT2D eigenvalue weighted by atomic mass is 10.1. The SMILES string of the molecule is COC(=O)c1c(NC(=O)C(C)Sc2cccc(NC(=O)/C(=C\c3cccc(Cl)c3Cl)NC(=O)c3ccccc3)c2)sc2c1CCCCC2. The van der Waals surface area contributed by atoms with Crippen molar-refractivity contribution in [1.82, 2.24) is 5.32 Å². The number of esters is 1. The fraction of sp³-hybridized carbons (Fsp3) is 0.222. The standard InChI is InChI=1S/C36H33Cl2N3O5S2/c1-21(32(42)41-35-30(36(45)46-2)26-16-7-4-8-18-29(26)48-35)47-25-15-10-14-24(20-25)39-34(44)28(19-23-13-9-17-27(37)31(23)38)40-33(43)22-11-5-3-6-12-22/h3,5-6,9-15,17,19-21H,4,7-8,16,18H2,1-2H3,(H,39,44)(H,40,43)(H,41,42)/b28-19+. The van der Waals surface area contributed by atoms with Crippen molar-refractivity contribution in [3.8, 4) is 0 Å². The second-order valence-corrected chi connectivity index (χ2v) is 14.3. The van der Waals surface area contributed by atoms with Gasteiger partial charge in [-0.2, -0.15) is 0 Å². The van der Waals surface area contributed by atoms with Gasteiger partial charge in [-0.1, -0.05) is 66.0 Å². The largest absolute Gasteiger partial charge is 0.465 e. The highest BCUT2D eigenvalue weighted by molar-refractivity contribution is 8.00. The molecule has 8 nitrogen and oxygen atoms in total. The number of methoxy groups -OCH3 is 1. The number of aryl methyl sites for hydroxylation is 1. The third kappa shape index (κ3) is 8.68. The molecule has 0 saturated carbocycles. The summed E-state index contributed by atoms with van der Waals surface area (Å²) < 4.78 is 5.07. The Hall–Kier alpha value is -4.09. The minimum Gasteiger partial charge on any atom is -0.465 e. The summed E-state index contributed by atoms with van der Waals surface area (Å²) in [6, 6.07) is 20.5. The van der Waals surface area contributed by atoms with Gasteiger partial charge in [0.1, 0.15) is 10.7 Å². The lowest BCUT2D eigenvalue weighted by molar-refractivity contribution is -0.115. The van der Waals surface area contributed by atoms with Gasteiger partial charge in [0.15, 0.2) is 0 Å².